The van der Waals surface area contributed by atoms with Crippen LogP contribution in [0.5, 0.6) is 11.9 Å². The van der Waals surface area contributed by atoms with E-state index in [9.17, 15) is 4.39 Å². The summed E-state index contributed by atoms with van der Waals surface area (Å²) in [6.07, 6.45) is 3.60. The Morgan fingerprint density at radius 3 is 2.93 bits per heavy atom. The van der Waals surface area contributed by atoms with Gasteiger partial charge in [-0.15, -0.1) is 0 Å². The minimum atomic E-state index is -0.861. The number of fused-ring (bicyclic) bond motifs is 7. The molecule has 216 valence electrons. The Morgan fingerprint density at radius 2 is 1.98 bits per heavy atom. The molecule has 8 nitrogen and oxygen atoms in total. The molecule has 42 heavy (non-hydrogen) atoms. The van der Waals surface area contributed by atoms with Crippen LogP contribution in [0.15, 0.2) is 42.5 Å². The fourth-order valence-corrected chi connectivity index (χ4v) is 8.24. The lowest BCUT2D eigenvalue weighted by molar-refractivity contribution is 0.107. The Morgan fingerprint density at radius 1 is 1.07 bits per heavy atom. The number of piperazine rings is 1. The van der Waals surface area contributed by atoms with Gasteiger partial charge in [-0.05, 0) is 43.0 Å². The summed E-state index contributed by atoms with van der Waals surface area (Å²) >= 11 is 0. The number of ether oxygens (including phenoxy) is 2. The number of alkyl halides is 1. The van der Waals surface area contributed by atoms with Crippen molar-refractivity contribution in [1.82, 2.24) is 25.2 Å². The van der Waals surface area contributed by atoms with E-state index in [1.54, 1.807) is 0 Å². The second-order valence-corrected chi connectivity index (χ2v) is 12.6. The summed E-state index contributed by atoms with van der Waals surface area (Å²) in [5.41, 5.74) is 0.658. The Kier molecular flexibility index (Phi) is 5.45. The lowest BCUT2D eigenvalue weighted by atomic mass is 9.95. The molecule has 7 heterocycles. The summed E-state index contributed by atoms with van der Waals surface area (Å²) in [5.74, 6) is 0.430. The maximum atomic E-state index is 16.8. The van der Waals surface area contributed by atoms with Crippen molar-refractivity contribution in [3.8, 4) is 23.1 Å². The summed E-state index contributed by atoms with van der Waals surface area (Å²) in [6, 6.07) is 14.4. The molecule has 4 aromatic rings. The maximum absolute atomic E-state index is 16.8. The highest BCUT2D eigenvalue weighted by Crippen LogP contribution is 2.44. The van der Waals surface area contributed by atoms with Gasteiger partial charge >= 0.3 is 6.01 Å². The molecule has 0 unspecified atom stereocenters. The highest BCUT2D eigenvalue weighted by atomic mass is 19.1. The number of aromatic nitrogens is 3. The average molecular weight is 571 g/mol. The highest BCUT2D eigenvalue weighted by Gasteiger charge is 2.50. The van der Waals surface area contributed by atoms with E-state index in [0.29, 0.717) is 48.3 Å². The van der Waals surface area contributed by atoms with Crippen LogP contribution in [0, 0.1) is 5.82 Å². The fraction of sp³-hybridized carbons (Fsp3) is 0.469. The molecule has 0 radical (unpaired) electrons. The van der Waals surface area contributed by atoms with Gasteiger partial charge in [0, 0.05) is 37.2 Å². The normalized spacial score (nSPS) is 29.9. The Labute approximate surface area is 242 Å². The average Bonchev–Trinajstić information content (AvgIpc) is 3.64. The molecular formula is C32H32F2N6O2. The van der Waals surface area contributed by atoms with Gasteiger partial charge in [0.1, 0.15) is 41.8 Å². The zero-order valence-corrected chi connectivity index (χ0v) is 23.2. The van der Waals surface area contributed by atoms with E-state index in [4.69, 9.17) is 19.4 Å². The molecule has 5 aliphatic heterocycles. The molecule has 1 N–H and O–H groups in total. The third-order valence-electron chi connectivity index (χ3n) is 10.2. The van der Waals surface area contributed by atoms with Crippen LogP contribution < -0.4 is 19.7 Å². The number of rotatable bonds is 4. The van der Waals surface area contributed by atoms with Crippen LogP contribution in [0.3, 0.4) is 0 Å². The molecule has 2 aromatic heterocycles. The molecule has 4 saturated heterocycles. The van der Waals surface area contributed by atoms with Gasteiger partial charge in [0.05, 0.1) is 11.6 Å². The van der Waals surface area contributed by atoms with Crippen LogP contribution in [-0.2, 0) is 0 Å². The minimum Gasteiger partial charge on any atom is -0.475 e. The van der Waals surface area contributed by atoms with Crippen molar-refractivity contribution >= 4 is 27.5 Å². The molecule has 0 spiro atoms. The first-order valence-electron chi connectivity index (χ1n) is 15.1. The summed E-state index contributed by atoms with van der Waals surface area (Å²) in [7, 11) is 0. The third kappa shape index (κ3) is 3.67. The molecule has 2 aromatic carbocycles. The van der Waals surface area contributed by atoms with Crippen LogP contribution in [-0.4, -0.2) is 82.5 Å². The number of hydrogen-bond donors (Lipinski definition) is 1. The Bertz CT molecular complexity index is 1730. The second-order valence-electron chi connectivity index (χ2n) is 12.6. The third-order valence-corrected chi connectivity index (χ3v) is 10.2. The van der Waals surface area contributed by atoms with Crippen LogP contribution in [0.25, 0.3) is 32.9 Å². The van der Waals surface area contributed by atoms with E-state index in [0.717, 1.165) is 49.5 Å². The van der Waals surface area contributed by atoms with Gasteiger partial charge in [0.15, 0.2) is 5.82 Å². The summed E-state index contributed by atoms with van der Waals surface area (Å²) in [5, 5.41) is 6.10. The summed E-state index contributed by atoms with van der Waals surface area (Å²) in [4.78, 5) is 18.9. The first kappa shape index (κ1) is 24.9. The zero-order chi connectivity index (χ0) is 28.0. The van der Waals surface area contributed by atoms with Crippen LogP contribution >= 0.6 is 0 Å². The van der Waals surface area contributed by atoms with E-state index < -0.39 is 12.0 Å². The monoisotopic (exact) mass is 570 g/mol. The predicted octanol–water partition coefficient (Wildman–Crippen LogP) is 4.64. The molecule has 0 amide bonds. The Balaban J connectivity index is 1.21. The molecule has 4 fully saturated rings. The topological polar surface area (TPSA) is 75.6 Å². The smallest absolute Gasteiger partial charge is 0.319 e. The van der Waals surface area contributed by atoms with Gasteiger partial charge in [-0.25, -0.2) is 13.8 Å². The highest BCUT2D eigenvalue weighted by molar-refractivity contribution is 6.01. The van der Waals surface area contributed by atoms with Gasteiger partial charge in [0.25, 0.3) is 0 Å². The first-order chi connectivity index (χ1) is 20.6. The fourth-order valence-electron chi connectivity index (χ4n) is 8.24. The number of benzene rings is 2. The summed E-state index contributed by atoms with van der Waals surface area (Å²) in [6.45, 7) is 2.74. The van der Waals surface area contributed by atoms with Crippen molar-refractivity contribution in [2.24, 2.45) is 0 Å². The molecule has 9 rings (SSSR count). The van der Waals surface area contributed by atoms with Gasteiger partial charge in [-0.1, -0.05) is 42.5 Å². The quantitative estimate of drug-likeness (QED) is 0.381. The number of nitrogens with one attached hydrogen (secondary N) is 1. The predicted molar refractivity (Wildman–Crippen MR) is 155 cm³/mol. The molecule has 5 aliphatic rings. The minimum absolute atomic E-state index is 0.0269. The van der Waals surface area contributed by atoms with Crippen molar-refractivity contribution in [3.05, 3.63) is 48.3 Å². The lowest BCUT2D eigenvalue weighted by Gasteiger charge is -2.40. The number of nitrogens with zero attached hydrogens (tertiary/aromatic N) is 5. The lowest BCUT2D eigenvalue weighted by Crippen LogP contribution is -2.60. The van der Waals surface area contributed by atoms with Crippen molar-refractivity contribution in [2.75, 3.05) is 37.7 Å². The second kappa shape index (κ2) is 9.18. The molecule has 0 aliphatic carbocycles. The van der Waals surface area contributed by atoms with Crippen molar-refractivity contribution in [1.29, 1.82) is 0 Å². The SMILES string of the molecule is Fc1c(-c2cccc3ccccc23)nc2c3c(nc(OC[C@@]45CCCN4C[C@H](F)C5)nc13)N1C[C@H]3CC[C@H](N3)[C@H]1CO2. The Hall–Kier alpha value is -3.63. The number of halogens is 2. The zero-order valence-electron chi connectivity index (χ0n) is 23.2. The maximum Gasteiger partial charge on any atom is 0.319 e. The molecule has 10 heteroatoms. The molecule has 0 saturated carbocycles. The molecule has 2 bridgehead atoms. The van der Waals surface area contributed by atoms with E-state index >= 15 is 4.39 Å². The van der Waals surface area contributed by atoms with E-state index in [1.165, 1.54) is 0 Å². The van der Waals surface area contributed by atoms with E-state index in [1.807, 2.05) is 42.5 Å². The molecule has 5 atom stereocenters. The van der Waals surface area contributed by atoms with Crippen LogP contribution in [0.2, 0.25) is 0 Å². The first-order valence-corrected chi connectivity index (χ1v) is 15.1. The van der Waals surface area contributed by atoms with E-state index in [2.05, 4.69) is 20.1 Å². The summed E-state index contributed by atoms with van der Waals surface area (Å²) < 4.78 is 43.9. The molecular weight excluding hydrogens is 538 g/mol. The van der Waals surface area contributed by atoms with Crippen LogP contribution in [0.1, 0.15) is 32.1 Å². The van der Waals surface area contributed by atoms with E-state index in [-0.39, 0.29) is 41.5 Å². The van der Waals surface area contributed by atoms with Gasteiger partial charge in [0.2, 0.25) is 5.88 Å². The number of pyridine rings is 1. The van der Waals surface area contributed by atoms with Crippen molar-refractivity contribution in [3.63, 3.8) is 0 Å². The number of hydrogen-bond acceptors (Lipinski definition) is 8. The van der Waals surface area contributed by atoms with Gasteiger partial charge < -0.3 is 19.7 Å². The van der Waals surface area contributed by atoms with Crippen molar-refractivity contribution < 1.29 is 18.3 Å². The van der Waals surface area contributed by atoms with Crippen LogP contribution in [0.4, 0.5) is 14.6 Å². The number of anilines is 1. The largest absolute Gasteiger partial charge is 0.475 e. The van der Waals surface area contributed by atoms with Gasteiger partial charge in [-0.2, -0.15) is 9.97 Å². The van der Waals surface area contributed by atoms with Gasteiger partial charge in [-0.3, -0.25) is 4.90 Å². The standard InChI is InChI=1S/C32H32F2N6O2/c33-19-13-32(11-4-12-39(32)14-19)17-42-31-37-28-25-29(38-31)40-15-20-9-10-23(35-20)24(40)16-41-30(25)36-27(26(28)34)22-8-3-6-18-5-1-2-7-21(18)22/h1-3,5-8,19-20,23-24,35H,4,9-17H2/t19-,20-,23+,24-,32+/m1/s1. The van der Waals surface area contributed by atoms with Crippen molar-refractivity contribution in [2.45, 2.75) is 61.9 Å².